The quantitative estimate of drug-likeness (QED) is 0.570. The lowest BCUT2D eigenvalue weighted by Crippen LogP contribution is -2.41. The molecule has 0 saturated carbocycles. The fourth-order valence-electron chi connectivity index (χ4n) is 1.42. The van der Waals surface area contributed by atoms with Crippen LogP contribution >= 0.6 is 0 Å². The maximum absolute atomic E-state index is 11.9. The summed E-state index contributed by atoms with van der Waals surface area (Å²) in [5.74, 6) is -0.647. The number of carbonyl (C=O) groups is 2. The van der Waals surface area contributed by atoms with Crippen LogP contribution in [0.1, 0.15) is 26.2 Å². The van der Waals surface area contributed by atoms with E-state index in [0.29, 0.717) is 6.54 Å². The van der Waals surface area contributed by atoms with Gasteiger partial charge in [-0.3, -0.25) is 9.59 Å². The maximum atomic E-state index is 11.9. The Kier molecular flexibility index (Phi) is 8.35. The molecule has 0 aromatic rings. The Morgan fingerprint density at radius 3 is 2.47 bits per heavy atom. The van der Waals surface area contributed by atoms with Gasteiger partial charge in [0.2, 0.25) is 11.8 Å². The average Bonchev–Trinajstić information content (AvgIpc) is 2.30. The molecular weight excluding hydrogens is 222 g/mol. The smallest absolute Gasteiger partial charge is 0.237 e. The third-order valence-corrected chi connectivity index (χ3v) is 2.48. The number of ether oxygens (including phenoxy) is 1. The van der Waals surface area contributed by atoms with Crippen molar-refractivity contribution >= 4 is 11.8 Å². The molecule has 6 nitrogen and oxygen atoms in total. The summed E-state index contributed by atoms with van der Waals surface area (Å²) in [6.07, 6.45) is 1.68. The van der Waals surface area contributed by atoms with Crippen LogP contribution in [-0.4, -0.2) is 49.6 Å². The molecule has 0 aromatic heterocycles. The summed E-state index contributed by atoms with van der Waals surface area (Å²) in [7, 11) is 1.51. The molecule has 0 spiro atoms. The number of unbranched alkanes of at least 4 members (excludes halogenated alkanes) is 1. The van der Waals surface area contributed by atoms with Gasteiger partial charge in [0.05, 0.1) is 19.1 Å². The van der Waals surface area contributed by atoms with E-state index in [1.165, 1.54) is 12.0 Å². The molecule has 0 fully saturated rings. The summed E-state index contributed by atoms with van der Waals surface area (Å²) in [5, 5.41) is 0. The van der Waals surface area contributed by atoms with Gasteiger partial charge in [0.15, 0.2) is 0 Å². The third kappa shape index (κ3) is 6.91. The molecule has 0 aliphatic carbocycles. The number of amides is 2. The second kappa shape index (κ2) is 8.95. The highest BCUT2D eigenvalue weighted by Crippen LogP contribution is 2.03. The van der Waals surface area contributed by atoms with E-state index in [1.54, 1.807) is 0 Å². The van der Waals surface area contributed by atoms with E-state index in [2.05, 4.69) is 0 Å². The van der Waals surface area contributed by atoms with Gasteiger partial charge in [0.25, 0.3) is 0 Å². The van der Waals surface area contributed by atoms with Gasteiger partial charge in [-0.2, -0.15) is 0 Å². The van der Waals surface area contributed by atoms with E-state index in [1.807, 2.05) is 6.92 Å². The van der Waals surface area contributed by atoms with Crippen LogP contribution in [0.25, 0.3) is 0 Å². The van der Waals surface area contributed by atoms with Crippen molar-refractivity contribution in [3.05, 3.63) is 0 Å². The van der Waals surface area contributed by atoms with Gasteiger partial charge in [-0.15, -0.1) is 0 Å². The molecule has 100 valence electrons. The molecule has 1 atom stereocenters. The fraction of sp³-hybridized carbons (Fsp3) is 0.818. The first kappa shape index (κ1) is 15.9. The number of carbonyl (C=O) groups excluding carboxylic acids is 2. The van der Waals surface area contributed by atoms with Crippen molar-refractivity contribution in [2.45, 2.75) is 32.3 Å². The number of methoxy groups -OCH3 is 1. The predicted molar refractivity (Wildman–Crippen MR) is 65.2 cm³/mol. The SMILES string of the molecule is CCCCN(CC(N)=O)C(=O)CC(CN)OC. The second-order valence-electron chi connectivity index (χ2n) is 3.93. The molecule has 0 aromatic carbocycles. The van der Waals surface area contributed by atoms with E-state index < -0.39 is 5.91 Å². The highest BCUT2D eigenvalue weighted by molar-refractivity contribution is 5.84. The van der Waals surface area contributed by atoms with Crippen molar-refractivity contribution in [2.24, 2.45) is 11.5 Å². The summed E-state index contributed by atoms with van der Waals surface area (Å²) >= 11 is 0. The van der Waals surface area contributed by atoms with Gasteiger partial charge in [-0.05, 0) is 6.42 Å². The number of hydrogen-bond donors (Lipinski definition) is 2. The molecule has 4 N–H and O–H groups in total. The van der Waals surface area contributed by atoms with Gasteiger partial charge in [-0.1, -0.05) is 13.3 Å². The number of hydrogen-bond acceptors (Lipinski definition) is 4. The first-order chi connectivity index (χ1) is 8.04. The summed E-state index contributed by atoms with van der Waals surface area (Å²) in [6.45, 7) is 2.80. The minimum Gasteiger partial charge on any atom is -0.380 e. The monoisotopic (exact) mass is 245 g/mol. The number of rotatable bonds is 9. The normalized spacial score (nSPS) is 12.2. The molecular formula is C11H23N3O3. The standard InChI is InChI=1S/C11H23N3O3/c1-3-4-5-14(8-10(13)15)11(16)6-9(7-12)17-2/h9H,3-8,12H2,1-2H3,(H2,13,15). The summed E-state index contributed by atoms with van der Waals surface area (Å²) in [6, 6.07) is 0. The Morgan fingerprint density at radius 2 is 2.06 bits per heavy atom. The highest BCUT2D eigenvalue weighted by atomic mass is 16.5. The molecule has 6 heteroatoms. The van der Waals surface area contributed by atoms with Crippen molar-refractivity contribution in [3.63, 3.8) is 0 Å². The van der Waals surface area contributed by atoms with Crippen molar-refractivity contribution < 1.29 is 14.3 Å². The lowest BCUT2D eigenvalue weighted by molar-refractivity contribution is -0.137. The molecule has 0 aliphatic rings. The topological polar surface area (TPSA) is 98.7 Å². The molecule has 2 amide bonds. The summed E-state index contributed by atoms with van der Waals surface area (Å²) in [5.41, 5.74) is 10.6. The number of nitrogens with zero attached hydrogens (tertiary/aromatic N) is 1. The van der Waals surface area contributed by atoms with Gasteiger partial charge < -0.3 is 21.1 Å². The van der Waals surface area contributed by atoms with Crippen LogP contribution in [0.5, 0.6) is 0 Å². The van der Waals surface area contributed by atoms with E-state index in [9.17, 15) is 9.59 Å². The van der Waals surface area contributed by atoms with Crippen molar-refractivity contribution in [1.29, 1.82) is 0 Å². The van der Waals surface area contributed by atoms with Crippen LogP contribution in [0.4, 0.5) is 0 Å². The molecule has 1 unspecified atom stereocenters. The van der Waals surface area contributed by atoms with Crippen LogP contribution in [0.3, 0.4) is 0 Å². The fourth-order valence-corrected chi connectivity index (χ4v) is 1.42. The zero-order chi connectivity index (χ0) is 13.3. The molecule has 17 heavy (non-hydrogen) atoms. The Labute approximate surface area is 102 Å². The molecule has 0 radical (unpaired) electrons. The van der Waals surface area contributed by atoms with Gasteiger partial charge in [-0.25, -0.2) is 0 Å². The van der Waals surface area contributed by atoms with Gasteiger partial charge in [0.1, 0.15) is 0 Å². The van der Waals surface area contributed by atoms with Crippen LogP contribution < -0.4 is 11.5 Å². The minimum atomic E-state index is -0.504. The van der Waals surface area contributed by atoms with Gasteiger partial charge in [0, 0.05) is 20.2 Å². The zero-order valence-corrected chi connectivity index (χ0v) is 10.6. The van der Waals surface area contributed by atoms with Gasteiger partial charge >= 0.3 is 0 Å². The maximum Gasteiger partial charge on any atom is 0.237 e. The summed E-state index contributed by atoms with van der Waals surface area (Å²) in [4.78, 5) is 24.2. The number of nitrogens with two attached hydrogens (primary N) is 2. The second-order valence-corrected chi connectivity index (χ2v) is 3.93. The Balaban J connectivity index is 4.34. The molecule has 0 rings (SSSR count). The average molecular weight is 245 g/mol. The Morgan fingerprint density at radius 1 is 1.41 bits per heavy atom. The van der Waals surface area contributed by atoms with E-state index in [4.69, 9.17) is 16.2 Å². The number of primary amides is 1. The minimum absolute atomic E-state index is 0.0418. The Hall–Kier alpha value is -1.14. The molecule has 0 aliphatic heterocycles. The first-order valence-corrected chi connectivity index (χ1v) is 5.84. The van der Waals surface area contributed by atoms with E-state index in [-0.39, 0.29) is 31.5 Å². The van der Waals surface area contributed by atoms with Crippen molar-refractivity contribution in [3.8, 4) is 0 Å². The third-order valence-electron chi connectivity index (χ3n) is 2.48. The van der Waals surface area contributed by atoms with Crippen LogP contribution in [-0.2, 0) is 14.3 Å². The van der Waals surface area contributed by atoms with Crippen LogP contribution in [0, 0.1) is 0 Å². The molecule has 0 bridgehead atoms. The van der Waals surface area contributed by atoms with E-state index >= 15 is 0 Å². The summed E-state index contributed by atoms with van der Waals surface area (Å²) < 4.78 is 5.04. The van der Waals surface area contributed by atoms with Crippen molar-refractivity contribution in [1.82, 2.24) is 4.90 Å². The lowest BCUT2D eigenvalue weighted by atomic mass is 10.2. The largest absolute Gasteiger partial charge is 0.380 e. The van der Waals surface area contributed by atoms with Crippen LogP contribution in [0.15, 0.2) is 0 Å². The lowest BCUT2D eigenvalue weighted by Gasteiger charge is -2.23. The van der Waals surface area contributed by atoms with Crippen LogP contribution in [0.2, 0.25) is 0 Å². The highest BCUT2D eigenvalue weighted by Gasteiger charge is 2.19. The van der Waals surface area contributed by atoms with Crippen molar-refractivity contribution in [2.75, 3.05) is 26.7 Å². The Bertz CT molecular complexity index is 242. The zero-order valence-electron chi connectivity index (χ0n) is 10.6. The van der Waals surface area contributed by atoms with E-state index in [0.717, 1.165) is 12.8 Å². The molecule has 0 saturated heterocycles. The first-order valence-electron chi connectivity index (χ1n) is 5.84. The molecule has 0 heterocycles. The predicted octanol–water partition coefficient (Wildman–Crippen LogP) is -0.536.